The van der Waals surface area contributed by atoms with Crippen molar-refractivity contribution in [2.75, 3.05) is 0 Å². The number of hydrogen-bond donors (Lipinski definition) is 2. The van der Waals surface area contributed by atoms with Crippen molar-refractivity contribution in [3.63, 3.8) is 0 Å². The molecule has 0 aliphatic heterocycles. The number of benzene rings is 4. The number of aromatic hydroxyl groups is 2. The minimum atomic E-state index is 0. The van der Waals surface area contributed by atoms with Crippen LogP contribution in [0, 0.1) is 6.07 Å². The van der Waals surface area contributed by atoms with Crippen molar-refractivity contribution in [1.82, 2.24) is 4.98 Å². The van der Waals surface area contributed by atoms with Gasteiger partial charge in [0.25, 0.3) is 0 Å². The first-order valence-corrected chi connectivity index (χ1v) is 8.45. The molecular formula is C23H16NO3Zn-. The van der Waals surface area contributed by atoms with Gasteiger partial charge in [-0.3, -0.25) is 0 Å². The molecule has 0 atom stereocenters. The van der Waals surface area contributed by atoms with Gasteiger partial charge in [0.15, 0.2) is 5.58 Å². The van der Waals surface area contributed by atoms with Crippen LogP contribution in [-0.4, -0.2) is 15.2 Å². The fourth-order valence-electron chi connectivity index (χ4n) is 2.78. The van der Waals surface area contributed by atoms with Crippen LogP contribution in [-0.2, 0) is 19.5 Å². The van der Waals surface area contributed by atoms with E-state index in [1.165, 1.54) is 0 Å². The summed E-state index contributed by atoms with van der Waals surface area (Å²) in [5.74, 6) is 0.913. The van der Waals surface area contributed by atoms with Crippen LogP contribution < -0.4 is 0 Å². The molecule has 0 fully saturated rings. The van der Waals surface area contributed by atoms with Gasteiger partial charge in [-0.15, -0.1) is 35.0 Å². The molecule has 134 valence electrons. The zero-order chi connectivity index (χ0) is 18.6. The van der Waals surface area contributed by atoms with E-state index in [1.807, 2.05) is 54.6 Å². The van der Waals surface area contributed by atoms with Gasteiger partial charge in [0.1, 0.15) is 11.3 Å². The second-order valence-electron chi connectivity index (χ2n) is 5.92. The number of phenols is 2. The Bertz CT molecular complexity index is 1180. The van der Waals surface area contributed by atoms with Crippen molar-refractivity contribution >= 4 is 21.9 Å². The van der Waals surface area contributed by atoms with E-state index in [2.05, 4.69) is 11.1 Å². The summed E-state index contributed by atoms with van der Waals surface area (Å²) in [6.45, 7) is 0. The number of para-hydroxylation sites is 3. The third kappa shape index (κ3) is 4.05. The first-order valence-electron chi connectivity index (χ1n) is 8.45. The maximum atomic E-state index is 9.69. The molecule has 0 bridgehead atoms. The second kappa shape index (κ2) is 8.68. The van der Waals surface area contributed by atoms with Gasteiger partial charge in [0.2, 0.25) is 5.89 Å². The summed E-state index contributed by atoms with van der Waals surface area (Å²) in [6.07, 6.45) is 0. The topological polar surface area (TPSA) is 66.5 Å². The van der Waals surface area contributed by atoms with Crippen LogP contribution in [0.4, 0.5) is 0 Å². The molecule has 0 spiro atoms. The molecule has 0 aliphatic rings. The van der Waals surface area contributed by atoms with E-state index in [0.29, 0.717) is 17.2 Å². The summed E-state index contributed by atoms with van der Waals surface area (Å²) in [7, 11) is 0. The Kier molecular flexibility index (Phi) is 6.07. The molecule has 0 saturated heterocycles. The molecule has 0 unspecified atom stereocenters. The van der Waals surface area contributed by atoms with Gasteiger partial charge in [0.05, 0.1) is 5.56 Å². The number of fused-ring (bicyclic) bond motifs is 2. The summed E-state index contributed by atoms with van der Waals surface area (Å²) in [5.41, 5.74) is 2.13. The maximum absolute atomic E-state index is 9.69. The van der Waals surface area contributed by atoms with Gasteiger partial charge < -0.3 is 14.6 Å². The van der Waals surface area contributed by atoms with Crippen LogP contribution in [0.2, 0.25) is 0 Å². The molecule has 5 aromatic rings. The molecule has 0 saturated carbocycles. The number of aromatic nitrogens is 1. The summed E-state index contributed by atoms with van der Waals surface area (Å²) in [5, 5.41) is 20.8. The Morgan fingerprint density at radius 3 is 2.25 bits per heavy atom. The van der Waals surface area contributed by atoms with Crippen molar-refractivity contribution < 1.29 is 34.1 Å². The average Bonchev–Trinajstić information content (AvgIpc) is 3.13. The Morgan fingerprint density at radius 1 is 0.750 bits per heavy atom. The van der Waals surface area contributed by atoms with Crippen LogP contribution in [0.3, 0.4) is 0 Å². The maximum Gasteiger partial charge on any atom is 0.231 e. The van der Waals surface area contributed by atoms with Gasteiger partial charge >= 0.3 is 0 Å². The fourth-order valence-corrected chi connectivity index (χ4v) is 2.78. The summed E-state index contributed by atoms with van der Waals surface area (Å²) < 4.78 is 5.56. The van der Waals surface area contributed by atoms with Crippen LogP contribution >= 0.6 is 0 Å². The monoisotopic (exact) mass is 418 g/mol. The van der Waals surface area contributed by atoms with E-state index < -0.39 is 0 Å². The third-order valence-corrected chi connectivity index (χ3v) is 4.10. The molecule has 1 aromatic heterocycles. The fraction of sp³-hybridized carbons (Fsp3) is 0. The summed E-state index contributed by atoms with van der Waals surface area (Å²) in [4.78, 5) is 4.32. The largest absolute Gasteiger partial charge is 0.551 e. The van der Waals surface area contributed by atoms with Gasteiger partial charge in [-0.05, 0) is 24.3 Å². The van der Waals surface area contributed by atoms with Gasteiger partial charge in [-0.2, -0.15) is 0 Å². The van der Waals surface area contributed by atoms with E-state index in [9.17, 15) is 10.2 Å². The molecule has 0 radical (unpaired) electrons. The van der Waals surface area contributed by atoms with Crippen molar-refractivity contribution in [1.29, 1.82) is 0 Å². The molecule has 1 heterocycles. The van der Waals surface area contributed by atoms with Crippen LogP contribution in [0.25, 0.3) is 33.3 Å². The molecule has 0 amide bonds. The van der Waals surface area contributed by atoms with Crippen LogP contribution in [0.1, 0.15) is 0 Å². The van der Waals surface area contributed by atoms with Gasteiger partial charge in [0, 0.05) is 25.2 Å². The van der Waals surface area contributed by atoms with E-state index in [0.717, 1.165) is 21.9 Å². The van der Waals surface area contributed by atoms with Crippen LogP contribution in [0.15, 0.2) is 89.3 Å². The molecule has 4 nitrogen and oxygen atoms in total. The van der Waals surface area contributed by atoms with Crippen molar-refractivity contribution in [2.24, 2.45) is 0 Å². The molecule has 5 rings (SSSR count). The first kappa shape index (κ1) is 19.6. The van der Waals surface area contributed by atoms with Gasteiger partial charge in [-0.1, -0.05) is 42.5 Å². The molecule has 28 heavy (non-hydrogen) atoms. The number of hydrogen-bond acceptors (Lipinski definition) is 4. The Balaban J connectivity index is 0.000000165. The van der Waals surface area contributed by atoms with Crippen LogP contribution in [0.5, 0.6) is 11.5 Å². The predicted molar refractivity (Wildman–Crippen MR) is 106 cm³/mol. The third-order valence-electron chi connectivity index (χ3n) is 4.10. The summed E-state index contributed by atoms with van der Waals surface area (Å²) >= 11 is 0. The molecule has 5 heteroatoms. The van der Waals surface area contributed by atoms with E-state index in [-0.39, 0.29) is 25.2 Å². The zero-order valence-electron chi connectivity index (χ0n) is 15.0. The second-order valence-corrected chi connectivity index (χ2v) is 5.92. The SMILES string of the molecule is Oc1cccc2ccc[c-]c12.Oc1ccccc1-c1nc2ccccc2o1.[Zn]. The number of phenolic OH excluding ortho intramolecular Hbond substituents is 2. The molecule has 2 N–H and O–H groups in total. The molecule has 0 aliphatic carbocycles. The van der Waals surface area contributed by atoms with Crippen molar-refractivity contribution in [3.8, 4) is 23.0 Å². The quantitative estimate of drug-likeness (QED) is 0.276. The first-order chi connectivity index (χ1) is 13.2. The normalized spacial score (nSPS) is 10.1. The van der Waals surface area contributed by atoms with E-state index >= 15 is 0 Å². The van der Waals surface area contributed by atoms with E-state index in [4.69, 9.17) is 4.42 Å². The number of nitrogens with zero attached hydrogens (tertiary/aromatic N) is 1. The summed E-state index contributed by atoms with van der Waals surface area (Å²) in [6, 6.07) is 28.6. The Labute approximate surface area is 174 Å². The Hall–Kier alpha value is -3.17. The Morgan fingerprint density at radius 2 is 1.46 bits per heavy atom. The number of oxazole rings is 1. The van der Waals surface area contributed by atoms with E-state index in [1.54, 1.807) is 30.3 Å². The molecule has 4 aromatic carbocycles. The zero-order valence-corrected chi connectivity index (χ0v) is 18.0. The van der Waals surface area contributed by atoms with Crippen molar-refractivity contribution in [2.45, 2.75) is 0 Å². The minimum absolute atomic E-state index is 0. The van der Waals surface area contributed by atoms with Gasteiger partial charge in [-0.25, -0.2) is 4.98 Å². The standard InChI is InChI=1S/C13H9NO2.C10H7O.Zn/c15-11-7-3-1-5-9(11)13-14-10-6-2-4-8-12(10)16-13;11-10-7-3-5-8-4-1-2-6-9(8)10;/h1-8,15H;1-5,7,11H;/q;-1;. The minimum Gasteiger partial charge on any atom is -0.551 e. The number of rotatable bonds is 1. The predicted octanol–water partition coefficient (Wildman–Crippen LogP) is 5.54. The average molecular weight is 420 g/mol. The smallest absolute Gasteiger partial charge is 0.231 e. The van der Waals surface area contributed by atoms with Crippen molar-refractivity contribution in [3.05, 3.63) is 91.0 Å². The molecular weight excluding hydrogens is 404 g/mol.